The van der Waals surface area contributed by atoms with E-state index in [9.17, 15) is 23.3 Å². The number of hydrogen-bond donors (Lipinski definition) is 1. The highest BCUT2D eigenvalue weighted by atomic mass is 35.5. The van der Waals surface area contributed by atoms with Gasteiger partial charge < -0.3 is 15.1 Å². The molecule has 2 amide bonds. The molecule has 1 aliphatic rings. The van der Waals surface area contributed by atoms with Crippen molar-refractivity contribution in [1.82, 2.24) is 9.21 Å². The van der Waals surface area contributed by atoms with E-state index in [2.05, 4.69) is 5.32 Å². The first kappa shape index (κ1) is 24.7. The van der Waals surface area contributed by atoms with E-state index in [0.717, 1.165) is 6.07 Å². The molecule has 1 heterocycles. The molecule has 12 heteroatoms. The van der Waals surface area contributed by atoms with E-state index in [1.165, 1.54) is 16.4 Å². The minimum Gasteiger partial charge on any atom is -0.362 e. The first-order valence-corrected chi connectivity index (χ1v) is 12.3. The van der Waals surface area contributed by atoms with Gasteiger partial charge in [0.25, 0.3) is 5.69 Å². The molecule has 178 valence electrons. The predicted octanol–water partition coefficient (Wildman–Crippen LogP) is 3.63. The van der Waals surface area contributed by atoms with Crippen molar-refractivity contribution in [3.8, 4) is 0 Å². The monoisotopic (exact) mass is 495 g/mol. The third-order valence-electron chi connectivity index (χ3n) is 5.49. The van der Waals surface area contributed by atoms with E-state index >= 15 is 0 Å². The molecule has 0 saturated carbocycles. The van der Waals surface area contributed by atoms with Gasteiger partial charge in [-0.1, -0.05) is 25.4 Å². The summed E-state index contributed by atoms with van der Waals surface area (Å²) in [6, 6.07) is 10.5. The number of nitro benzene ring substituents is 1. The van der Waals surface area contributed by atoms with Gasteiger partial charge in [0, 0.05) is 56.0 Å². The zero-order valence-electron chi connectivity index (χ0n) is 18.4. The number of nitro groups is 1. The van der Waals surface area contributed by atoms with Gasteiger partial charge in [-0.25, -0.2) is 13.2 Å². The maximum atomic E-state index is 12.8. The minimum atomic E-state index is -3.82. The molecule has 1 N–H and O–H groups in total. The van der Waals surface area contributed by atoms with Crippen molar-refractivity contribution < 1.29 is 18.1 Å². The van der Waals surface area contributed by atoms with Crippen LogP contribution in [0, 0.1) is 10.1 Å². The van der Waals surface area contributed by atoms with E-state index in [0.29, 0.717) is 42.6 Å². The molecule has 2 aromatic rings. The van der Waals surface area contributed by atoms with Crippen LogP contribution in [0.3, 0.4) is 0 Å². The molecule has 2 aromatic carbocycles. The normalized spacial score (nSPS) is 14.4. The Bertz CT molecular complexity index is 1110. The van der Waals surface area contributed by atoms with Gasteiger partial charge in [-0.15, -0.1) is 0 Å². The van der Waals surface area contributed by atoms with Crippen LogP contribution in [0.25, 0.3) is 0 Å². The smallest absolute Gasteiger partial charge is 0.321 e. The molecule has 0 atom stereocenters. The first-order chi connectivity index (χ1) is 15.7. The van der Waals surface area contributed by atoms with Gasteiger partial charge in [0.15, 0.2) is 0 Å². The number of piperazine rings is 1. The number of anilines is 2. The standard InChI is InChI=1S/C21H26ClN5O5S/c1-3-26(4-2)33(31,32)18-9-10-19(20(15-18)27(29)30)24-11-13-25(14-12-24)21(28)23-17-7-5-16(22)6-8-17/h5-10,15H,3-4,11-14H2,1-2H3,(H,23,28). The molecule has 0 bridgehead atoms. The Hall–Kier alpha value is -2.89. The second kappa shape index (κ2) is 10.4. The maximum Gasteiger partial charge on any atom is 0.321 e. The molecule has 1 aliphatic heterocycles. The SMILES string of the molecule is CCN(CC)S(=O)(=O)c1ccc(N2CCN(C(=O)Nc3ccc(Cl)cc3)CC2)c([N+](=O)[O-])c1. The Morgan fingerprint density at radius 2 is 1.70 bits per heavy atom. The molecule has 0 unspecified atom stereocenters. The lowest BCUT2D eigenvalue weighted by Crippen LogP contribution is -2.50. The number of urea groups is 1. The Labute approximate surface area is 197 Å². The van der Waals surface area contributed by atoms with E-state index < -0.39 is 14.9 Å². The van der Waals surface area contributed by atoms with Crippen LogP contribution in [0.1, 0.15) is 13.8 Å². The summed E-state index contributed by atoms with van der Waals surface area (Å²) in [5.74, 6) is 0. The highest BCUT2D eigenvalue weighted by molar-refractivity contribution is 7.89. The Morgan fingerprint density at radius 1 is 1.09 bits per heavy atom. The second-order valence-corrected chi connectivity index (χ2v) is 9.78. The summed E-state index contributed by atoms with van der Waals surface area (Å²) in [5.41, 5.74) is 0.672. The topological polar surface area (TPSA) is 116 Å². The molecule has 1 saturated heterocycles. The molecular weight excluding hydrogens is 470 g/mol. The third kappa shape index (κ3) is 5.55. The number of sulfonamides is 1. The van der Waals surface area contributed by atoms with Crippen LogP contribution < -0.4 is 10.2 Å². The first-order valence-electron chi connectivity index (χ1n) is 10.5. The van der Waals surface area contributed by atoms with Crippen LogP contribution in [-0.4, -0.2) is 67.8 Å². The van der Waals surface area contributed by atoms with E-state index in [-0.39, 0.29) is 29.7 Å². The van der Waals surface area contributed by atoms with Crippen molar-refractivity contribution in [2.45, 2.75) is 18.7 Å². The average Bonchev–Trinajstić information content (AvgIpc) is 2.80. The summed E-state index contributed by atoms with van der Waals surface area (Å²) < 4.78 is 26.8. The molecule has 1 fully saturated rings. The predicted molar refractivity (Wildman–Crippen MR) is 127 cm³/mol. The number of rotatable bonds is 7. The number of nitrogens with zero attached hydrogens (tertiary/aromatic N) is 4. The number of amides is 2. The molecule has 0 aromatic heterocycles. The number of halogens is 1. The molecule has 10 nitrogen and oxygen atoms in total. The summed E-state index contributed by atoms with van der Waals surface area (Å²) in [7, 11) is -3.82. The van der Waals surface area contributed by atoms with Gasteiger partial charge in [0.1, 0.15) is 5.69 Å². The summed E-state index contributed by atoms with van der Waals surface area (Å²) in [6.45, 7) is 5.43. The van der Waals surface area contributed by atoms with E-state index in [1.54, 1.807) is 47.9 Å². The fourth-order valence-corrected chi connectivity index (χ4v) is 5.28. The molecule has 33 heavy (non-hydrogen) atoms. The Morgan fingerprint density at radius 3 is 2.24 bits per heavy atom. The van der Waals surface area contributed by atoms with Gasteiger partial charge in [-0.05, 0) is 36.4 Å². The van der Waals surface area contributed by atoms with Crippen molar-refractivity contribution in [2.75, 3.05) is 49.5 Å². The molecule has 3 rings (SSSR count). The van der Waals surface area contributed by atoms with Gasteiger partial charge in [0.2, 0.25) is 10.0 Å². The lowest BCUT2D eigenvalue weighted by atomic mass is 10.2. The summed E-state index contributed by atoms with van der Waals surface area (Å²) in [6.07, 6.45) is 0. The van der Waals surface area contributed by atoms with Crippen molar-refractivity contribution in [1.29, 1.82) is 0 Å². The van der Waals surface area contributed by atoms with Crippen molar-refractivity contribution in [3.63, 3.8) is 0 Å². The zero-order valence-corrected chi connectivity index (χ0v) is 20.0. The van der Waals surface area contributed by atoms with Gasteiger partial charge >= 0.3 is 6.03 Å². The second-order valence-electron chi connectivity index (χ2n) is 7.41. The summed E-state index contributed by atoms with van der Waals surface area (Å²) >= 11 is 5.86. The largest absolute Gasteiger partial charge is 0.362 e. The van der Waals surface area contributed by atoms with Crippen LogP contribution >= 0.6 is 11.6 Å². The van der Waals surface area contributed by atoms with Crippen molar-refractivity contribution in [2.24, 2.45) is 0 Å². The zero-order chi connectivity index (χ0) is 24.2. The maximum absolute atomic E-state index is 12.8. The summed E-state index contributed by atoms with van der Waals surface area (Å²) in [5, 5.41) is 15.1. The van der Waals surface area contributed by atoms with Gasteiger partial charge in [-0.3, -0.25) is 10.1 Å². The lowest BCUT2D eigenvalue weighted by molar-refractivity contribution is -0.384. The van der Waals surface area contributed by atoms with Crippen LogP contribution in [0.4, 0.5) is 21.9 Å². The Balaban J connectivity index is 1.73. The minimum absolute atomic E-state index is 0.109. The van der Waals surface area contributed by atoms with E-state index in [1.807, 2.05) is 0 Å². The van der Waals surface area contributed by atoms with Crippen LogP contribution in [0.15, 0.2) is 47.4 Å². The summed E-state index contributed by atoms with van der Waals surface area (Å²) in [4.78, 5) is 27.0. The molecule has 0 radical (unpaired) electrons. The van der Waals surface area contributed by atoms with E-state index in [4.69, 9.17) is 11.6 Å². The van der Waals surface area contributed by atoms with Crippen LogP contribution in [0.2, 0.25) is 5.02 Å². The van der Waals surface area contributed by atoms with Crippen molar-refractivity contribution in [3.05, 3.63) is 57.6 Å². The highest BCUT2D eigenvalue weighted by Crippen LogP contribution is 2.32. The lowest BCUT2D eigenvalue weighted by Gasteiger charge is -2.35. The fraction of sp³-hybridized carbons (Fsp3) is 0.381. The quantitative estimate of drug-likeness (QED) is 0.463. The molecular formula is C21H26ClN5O5S. The van der Waals surface area contributed by atoms with Crippen LogP contribution in [-0.2, 0) is 10.0 Å². The number of carbonyl (C=O) groups excluding carboxylic acids is 1. The number of carbonyl (C=O) groups is 1. The van der Waals surface area contributed by atoms with Crippen LogP contribution in [0.5, 0.6) is 0 Å². The fourth-order valence-electron chi connectivity index (χ4n) is 3.68. The number of nitrogens with one attached hydrogen (secondary N) is 1. The average molecular weight is 496 g/mol. The number of hydrogen-bond acceptors (Lipinski definition) is 6. The van der Waals surface area contributed by atoms with Crippen molar-refractivity contribution >= 4 is 44.7 Å². The highest BCUT2D eigenvalue weighted by Gasteiger charge is 2.29. The number of benzene rings is 2. The van der Waals surface area contributed by atoms with Gasteiger partial charge in [-0.2, -0.15) is 4.31 Å². The third-order valence-corrected chi connectivity index (χ3v) is 7.79. The van der Waals surface area contributed by atoms with Gasteiger partial charge in [0.05, 0.1) is 9.82 Å². The molecule has 0 spiro atoms. The molecule has 0 aliphatic carbocycles. The Kier molecular flexibility index (Phi) is 7.77.